The van der Waals surface area contributed by atoms with Crippen molar-refractivity contribution in [1.29, 1.82) is 0 Å². The predicted molar refractivity (Wildman–Crippen MR) is 116 cm³/mol. The number of amides is 1. The van der Waals surface area contributed by atoms with Crippen LogP contribution in [0.5, 0.6) is 0 Å². The Morgan fingerprint density at radius 2 is 2.07 bits per heavy atom. The Hall–Kier alpha value is -2.64. The molecule has 0 saturated carbocycles. The molecule has 5 N–H and O–H groups in total. The maximum Gasteiger partial charge on any atom is 0.263 e. The van der Waals surface area contributed by atoms with E-state index in [9.17, 15) is 4.79 Å². The van der Waals surface area contributed by atoms with E-state index < -0.39 is 0 Å². The van der Waals surface area contributed by atoms with E-state index in [0.29, 0.717) is 17.1 Å². The van der Waals surface area contributed by atoms with E-state index in [-0.39, 0.29) is 11.9 Å². The van der Waals surface area contributed by atoms with Gasteiger partial charge in [0.05, 0.1) is 5.69 Å². The van der Waals surface area contributed by atoms with Crippen molar-refractivity contribution in [3.63, 3.8) is 0 Å². The monoisotopic (exact) mass is 395 g/mol. The van der Waals surface area contributed by atoms with Gasteiger partial charge in [-0.25, -0.2) is 4.98 Å². The zero-order valence-corrected chi connectivity index (χ0v) is 16.8. The molecule has 146 valence electrons. The molecular formula is C21H25N5OS. The number of carbonyl (C=O) groups is 1. The van der Waals surface area contributed by atoms with Crippen molar-refractivity contribution in [3.05, 3.63) is 52.5 Å². The number of nitrogens with zero attached hydrogens (tertiary/aromatic N) is 2. The number of hydrogen-bond acceptors (Lipinski definition) is 6. The van der Waals surface area contributed by atoms with Gasteiger partial charge < -0.3 is 21.7 Å². The van der Waals surface area contributed by atoms with Gasteiger partial charge in [-0.1, -0.05) is 12.1 Å². The molecule has 3 aromatic rings. The molecule has 1 aliphatic heterocycles. The van der Waals surface area contributed by atoms with Crippen LogP contribution in [-0.4, -0.2) is 36.6 Å². The molecule has 0 unspecified atom stereocenters. The summed E-state index contributed by atoms with van der Waals surface area (Å²) in [5.74, 6) is -0.138. The number of aromatic nitrogens is 1. The minimum Gasteiger partial charge on any atom is -0.397 e. The predicted octanol–water partition coefficient (Wildman–Crippen LogP) is 2.70. The molecule has 7 heteroatoms. The number of rotatable bonds is 5. The summed E-state index contributed by atoms with van der Waals surface area (Å²) in [5, 5.41) is 3.82. The van der Waals surface area contributed by atoms with Crippen LogP contribution >= 0.6 is 11.3 Å². The summed E-state index contributed by atoms with van der Waals surface area (Å²) in [4.78, 5) is 20.7. The van der Waals surface area contributed by atoms with Crippen LogP contribution in [0.1, 0.15) is 27.3 Å². The van der Waals surface area contributed by atoms with Crippen LogP contribution in [0.15, 0.2) is 36.4 Å². The van der Waals surface area contributed by atoms with Gasteiger partial charge in [0.1, 0.15) is 9.71 Å². The highest BCUT2D eigenvalue weighted by molar-refractivity contribution is 7.21. The minimum atomic E-state index is -0.138. The molecule has 1 fully saturated rings. The fourth-order valence-electron chi connectivity index (χ4n) is 3.55. The van der Waals surface area contributed by atoms with Gasteiger partial charge in [0, 0.05) is 42.4 Å². The quantitative estimate of drug-likeness (QED) is 0.617. The number of nitrogens with two attached hydrogens (primary N) is 2. The number of nitrogens with one attached hydrogen (secondary N) is 1. The number of benzene rings is 1. The van der Waals surface area contributed by atoms with Crippen molar-refractivity contribution in [1.82, 2.24) is 10.3 Å². The Labute approximate surface area is 168 Å². The highest BCUT2D eigenvalue weighted by atomic mass is 32.1. The van der Waals surface area contributed by atoms with E-state index in [2.05, 4.69) is 39.5 Å². The van der Waals surface area contributed by atoms with Gasteiger partial charge in [-0.3, -0.25) is 4.79 Å². The second-order valence-electron chi connectivity index (χ2n) is 7.32. The fourth-order valence-corrected chi connectivity index (χ4v) is 4.61. The van der Waals surface area contributed by atoms with E-state index in [0.717, 1.165) is 41.8 Å². The Bertz CT molecular complexity index is 998. The van der Waals surface area contributed by atoms with E-state index in [4.69, 9.17) is 11.5 Å². The van der Waals surface area contributed by atoms with Gasteiger partial charge in [-0.05, 0) is 49.6 Å². The summed E-state index contributed by atoms with van der Waals surface area (Å²) in [6.07, 6.45) is 1.82. The van der Waals surface area contributed by atoms with Gasteiger partial charge in [0.2, 0.25) is 0 Å². The van der Waals surface area contributed by atoms with Crippen LogP contribution in [0.4, 0.5) is 11.4 Å². The molecule has 28 heavy (non-hydrogen) atoms. The zero-order valence-electron chi connectivity index (χ0n) is 15.9. The molecule has 0 bridgehead atoms. The summed E-state index contributed by atoms with van der Waals surface area (Å²) in [7, 11) is 0. The Morgan fingerprint density at radius 1 is 1.29 bits per heavy atom. The highest BCUT2D eigenvalue weighted by Crippen LogP contribution is 2.32. The number of thiophene rings is 1. The molecule has 1 aromatic carbocycles. The SMILES string of the molecule is Cc1ccc2c(N)c(C(=O)NCCc3ccc(N4CC[C@@H](N)C4)cc3)sc2n1. The average Bonchev–Trinajstić information content (AvgIpc) is 3.25. The van der Waals surface area contributed by atoms with Crippen LogP contribution in [0.2, 0.25) is 0 Å². The van der Waals surface area contributed by atoms with E-state index in [1.165, 1.54) is 22.6 Å². The molecular weight excluding hydrogens is 370 g/mol. The first-order valence-electron chi connectivity index (χ1n) is 9.54. The number of carbonyl (C=O) groups excluding carboxylic acids is 1. The molecule has 0 aliphatic carbocycles. The maximum absolute atomic E-state index is 12.5. The first kappa shape index (κ1) is 18.7. The van der Waals surface area contributed by atoms with Gasteiger partial charge >= 0.3 is 0 Å². The van der Waals surface area contributed by atoms with Crippen molar-refractivity contribution in [2.45, 2.75) is 25.8 Å². The van der Waals surface area contributed by atoms with Crippen LogP contribution in [0, 0.1) is 6.92 Å². The summed E-state index contributed by atoms with van der Waals surface area (Å²) in [6.45, 7) is 4.42. The number of pyridine rings is 1. The largest absolute Gasteiger partial charge is 0.397 e. The Kier molecular flexibility index (Phi) is 5.19. The van der Waals surface area contributed by atoms with Gasteiger partial charge in [0.15, 0.2) is 0 Å². The molecule has 4 rings (SSSR count). The average molecular weight is 396 g/mol. The number of anilines is 2. The molecule has 1 aliphatic rings. The van der Waals surface area contributed by atoms with Gasteiger partial charge in [-0.15, -0.1) is 11.3 Å². The van der Waals surface area contributed by atoms with Crippen LogP contribution in [0.25, 0.3) is 10.2 Å². The van der Waals surface area contributed by atoms with Crippen molar-refractivity contribution < 1.29 is 4.79 Å². The Morgan fingerprint density at radius 3 is 2.79 bits per heavy atom. The van der Waals surface area contributed by atoms with Crippen molar-refractivity contribution >= 4 is 38.8 Å². The van der Waals surface area contributed by atoms with Crippen LogP contribution in [-0.2, 0) is 6.42 Å². The second kappa shape index (κ2) is 7.77. The molecule has 0 radical (unpaired) electrons. The van der Waals surface area contributed by atoms with Crippen molar-refractivity contribution in [2.75, 3.05) is 30.3 Å². The lowest BCUT2D eigenvalue weighted by Gasteiger charge is -2.18. The number of aryl methyl sites for hydroxylation is 1. The molecule has 6 nitrogen and oxygen atoms in total. The van der Waals surface area contributed by atoms with E-state index >= 15 is 0 Å². The van der Waals surface area contributed by atoms with Gasteiger partial charge in [-0.2, -0.15) is 0 Å². The molecule has 3 heterocycles. The minimum absolute atomic E-state index is 0.138. The lowest BCUT2D eigenvalue weighted by molar-refractivity contribution is 0.0959. The molecule has 1 atom stereocenters. The maximum atomic E-state index is 12.5. The highest BCUT2D eigenvalue weighted by Gasteiger charge is 2.19. The first-order chi connectivity index (χ1) is 13.5. The van der Waals surface area contributed by atoms with Crippen molar-refractivity contribution in [3.8, 4) is 0 Å². The number of fused-ring (bicyclic) bond motifs is 1. The lowest BCUT2D eigenvalue weighted by Crippen LogP contribution is -2.26. The van der Waals surface area contributed by atoms with Crippen LogP contribution < -0.4 is 21.7 Å². The van der Waals surface area contributed by atoms with Crippen molar-refractivity contribution in [2.24, 2.45) is 5.73 Å². The summed E-state index contributed by atoms with van der Waals surface area (Å²) in [6, 6.07) is 12.6. The third kappa shape index (κ3) is 3.81. The Balaban J connectivity index is 1.35. The third-order valence-corrected chi connectivity index (χ3v) is 6.28. The van der Waals surface area contributed by atoms with Crippen LogP contribution in [0.3, 0.4) is 0 Å². The smallest absolute Gasteiger partial charge is 0.263 e. The number of hydrogen-bond donors (Lipinski definition) is 3. The topological polar surface area (TPSA) is 97.3 Å². The normalized spacial score (nSPS) is 16.6. The second-order valence-corrected chi connectivity index (χ2v) is 8.32. The standard InChI is InChI=1S/C21H25N5OS/c1-13-2-7-17-18(23)19(28-21(17)25-13)20(27)24-10-8-14-3-5-16(6-4-14)26-11-9-15(22)12-26/h2-7,15H,8-12,22-23H2,1H3,(H,24,27)/t15-/m1/s1. The lowest BCUT2D eigenvalue weighted by atomic mass is 10.1. The summed E-state index contributed by atoms with van der Waals surface area (Å²) >= 11 is 1.34. The zero-order chi connectivity index (χ0) is 19.7. The van der Waals surface area contributed by atoms with E-state index in [1.54, 1.807) is 0 Å². The first-order valence-corrected chi connectivity index (χ1v) is 10.4. The van der Waals surface area contributed by atoms with Gasteiger partial charge in [0.25, 0.3) is 5.91 Å². The number of nitrogen functional groups attached to an aromatic ring is 1. The molecule has 2 aromatic heterocycles. The molecule has 1 amide bonds. The summed E-state index contributed by atoms with van der Waals surface area (Å²) in [5.41, 5.74) is 16.0. The molecule has 0 spiro atoms. The third-order valence-electron chi connectivity index (χ3n) is 5.16. The summed E-state index contributed by atoms with van der Waals surface area (Å²) < 4.78 is 0. The fraction of sp³-hybridized carbons (Fsp3) is 0.333. The molecule has 1 saturated heterocycles. The van der Waals surface area contributed by atoms with E-state index in [1.807, 2.05) is 19.1 Å².